The van der Waals surface area contributed by atoms with Crippen LogP contribution in [-0.4, -0.2) is 63.0 Å². The molecule has 8 heteroatoms. The third-order valence-electron chi connectivity index (χ3n) is 3.54. The molecule has 0 aliphatic carbocycles. The van der Waals surface area contributed by atoms with Gasteiger partial charge in [0.05, 0.1) is 19.8 Å². The molecule has 0 bridgehead atoms. The molecule has 0 aliphatic rings. The van der Waals surface area contributed by atoms with Gasteiger partial charge in [0.2, 0.25) is 5.91 Å². The molecule has 1 unspecified atom stereocenters. The monoisotopic (exact) mass is 382 g/mol. The Kier molecular flexibility index (Phi) is 9.89. The first-order valence-corrected chi connectivity index (χ1v) is 8.62. The normalized spacial score (nSPS) is 11.4. The number of likely N-dealkylation sites (N-methyl/N-ethyl adjacent to an activating group) is 1. The standard InChI is InChI=1S/C19H27FN2O5/c1-5-18(23)22(4)13-15(3)27-19(24)21-8-9-25-10-11-26-17-12-16(20)7-6-14(17)2/h5-7,12,15H,1,8-11,13H2,2-4H3,(H,21,24). The zero-order valence-corrected chi connectivity index (χ0v) is 16.0. The third-order valence-corrected chi connectivity index (χ3v) is 3.54. The Hall–Kier alpha value is -2.61. The number of hydrogen-bond donors (Lipinski definition) is 1. The van der Waals surface area contributed by atoms with Crippen molar-refractivity contribution < 1.29 is 28.2 Å². The molecule has 0 heterocycles. The highest BCUT2D eigenvalue weighted by Crippen LogP contribution is 2.18. The van der Waals surface area contributed by atoms with Crippen LogP contribution in [-0.2, 0) is 14.3 Å². The molecule has 1 N–H and O–H groups in total. The zero-order valence-electron chi connectivity index (χ0n) is 16.0. The van der Waals surface area contributed by atoms with Crippen molar-refractivity contribution in [3.63, 3.8) is 0 Å². The molecule has 150 valence electrons. The second-order valence-corrected chi connectivity index (χ2v) is 5.94. The molecule has 1 aromatic carbocycles. The third kappa shape index (κ3) is 9.05. The summed E-state index contributed by atoms with van der Waals surface area (Å²) in [5.41, 5.74) is 0.843. The molecule has 27 heavy (non-hydrogen) atoms. The van der Waals surface area contributed by atoms with Crippen molar-refractivity contribution in [2.24, 2.45) is 0 Å². The van der Waals surface area contributed by atoms with Gasteiger partial charge in [-0.1, -0.05) is 12.6 Å². The van der Waals surface area contributed by atoms with Crippen LogP contribution in [0.1, 0.15) is 12.5 Å². The Balaban J connectivity index is 2.10. The summed E-state index contributed by atoms with van der Waals surface area (Å²) in [4.78, 5) is 24.4. The summed E-state index contributed by atoms with van der Waals surface area (Å²) in [6.07, 6.45) is 0.156. The van der Waals surface area contributed by atoms with Crippen LogP contribution in [0.4, 0.5) is 9.18 Å². The molecule has 1 aromatic rings. The van der Waals surface area contributed by atoms with Gasteiger partial charge in [0.25, 0.3) is 0 Å². The van der Waals surface area contributed by atoms with E-state index in [9.17, 15) is 14.0 Å². The molecule has 0 spiro atoms. The van der Waals surface area contributed by atoms with E-state index in [1.807, 2.05) is 6.92 Å². The maximum absolute atomic E-state index is 13.1. The van der Waals surface area contributed by atoms with Gasteiger partial charge in [-0.15, -0.1) is 0 Å². The van der Waals surface area contributed by atoms with Gasteiger partial charge in [0.1, 0.15) is 24.3 Å². The Morgan fingerprint density at radius 3 is 2.78 bits per heavy atom. The summed E-state index contributed by atoms with van der Waals surface area (Å²) in [6, 6.07) is 4.35. The van der Waals surface area contributed by atoms with Gasteiger partial charge in [0, 0.05) is 19.7 Å². The minimum absolute atomic E-state index is 0.241. The lowest BCUT2D eigenvalue weighted by atomic mass is 10.2. The minimum Gasteiger partial charge on any atom is -0.491 e. The Morgan fingerprint density at radius 2 is 2.07 bits per heavy atom. The first-order chi connectivity index (χ1) is 12.8. The summed E-state index contributed by atoms with van der Waals surface area (Å²) >= 11 is 0. The fourth-order valence-corrected chi connectivity index (χ4v) is 2.16. The van der Waals surface area contributed by atoms with Gasteiger partial charge in [-0.3, -0.25) is 4.79 Å². The maximum Gasteiger partial charge on any atom is 0.407 e. The fourth-order valence-electron chi connectivity index (χ4n) is 2.16. The quantitative estimate of drug-likeness (QED) is 0.469. The van der Waals surface area contributed by atoms with Crippen molar-refractivity contribution in [2.45, 2.75) is 20.0 Å². The number of hydrogen-bond acceptors (Lipinski definition) is 5. The fraction of sp³-hybridized carbons (Fsp3) is 0.474. The van der Waals surface area contributed by atoms with E-state index in [-0.39, 0.29) is 38.0 Å². The average molecular weight is 382 g/mol. The number of carbonyl (C=O) groups is 2. The van der Waals surface area contributed by atoms with Crippen LogP contribution >= 0.6 is 0 Å². The summed E-state index contributed by atoms with van der Waals surface area (Å²) in [5.74, 6) is -0.113. The predicted molar refractivity (Wildman–Crippen MR) is 99.2 cm³/mol. The highest BCUT2D eigenvalue weighted by atomic mass is 19.1. The van der Waals surface area contributed by atoms with Gasteiger partial charge in [-0.2, -0.15) is 0 Å². The highest BCUT2D eigenvalue weighted by molar-refractivity contribution is 5.86. The predicted octanol–water partition coefficient (Wildman–Crippen LogP) is 2.29. The molecule has 0 aromatic heterocycles. The number of rotatable bonds is 11. The van der Waals surface area contributed by atoms with Crippen LogP contribution in [0.25, 0.3) is 0 Å². The lowest BCUT2D eigenvalue weighted by molar-refractivity contribution is -0.125. The lowest BCUT2D eigenvalue weighted by Gasteiger charge is -2.20. The highest BCUT2D eigenvalue weighted by Gasteiger charge is 2.13. The van der Waals surface area contributed by atoms with E-state index in [1.54, 1.807) is 20.0 Å². The van der Waals surface area contributed by atoms with Crippen molar-refractivity contribution in [3.8, 4) is 5.75 Å². The SMILES string of the molecule is C=CC(=O)N(C)CC(C)OC(=O)NCCOCCOc1cc(F)ccc1C. The average Bonchev–Trinajstić information content (AvgIpc) is 2.62. The summed E-state index contributed by atoms with van der Waals surface area (Å²) in [6.45, 7) is 8.31. The summed E-state index contributed by atoms with van der Waals surface area (Å²) < 4.78 is 29.0. The van der Waals surface area contributed by atoms with E-state index in [1.165, 1.54) is 23.1 Å². The van der Waals surface area contributed by atoms with Crippen molar-refractivity contribution in [1.82, 2.24) is 10.2 Å². The molecular weight excluding hydrogens is 355 g/mol. The van der Waals surface area contributed by atoms with Gasteiger partial charge < -0.3 is 24.4 Å². The van der Waals surface area contributed by atoms with E-state index in [2.05, 4.69) is 11.9 Å². The molecule has 0 saturated heterocycles. The molecule has 2 amide bonds. The van der Waals surface area contributed by atoms with Crippen molar-refractivity contribution in [3.05, 3.63) is 42.2 Å². The van der Waals surface area contributed by atoms with Crippen LogP contribution in [0, 0.1) is 12.7 Å². The Labute approximate surface area is 159 Å². The molecule has 0 saturated carbocycles. The first kappa shape index (κ1) is 22.4. The number of halogens is 1. The van der Waals surface area contributed by atoms with Crippen LogP contribution < -0.4 is 10.1 Å². The van der Waals surface area contributed by atoms with Gasteiger partial charge in [-0.05, 0) is 31.6 Å². The largest absolute Gasteiger partial charge is 0.491 e. The number of alkyl carbamates (subject to hydrolysis) is 1. The van der Waals surface area contributed by atoms with Crippen molar-refractivity contribution in [1.29, 1.82) is 0 Å². The number of amides is 2. The minimum atomic E-state index is -0.586. The molecule has 1 rings (SSSR count). The van der Waals surface area contributed by atoms with Crippen LogP contribution in [0.5, 0.6) is 5.75 Å². The molecule has 0 fully saturated rings. The number of nitrogens with zero attached hydrogens (tertiary/aromatic N) is 1. The van der Waals surface area contributed by atoms with Crippen LogP contribution in [0.2, 0.25) is 0 Å². The summed E-state index contributed by atoms with van der Waals surface area (Å²) in [7, 11) is 1.60. The van der Waals surface area contributed by atoms with E-state index in [4.69, 9.17) is 14.2 Å². The van der Waals surface area contributed by atoms with E-state index >= 15 is 0 Å². The molecule has 7 nitrogen and oxygen atoms in total. The number of ether oxygens (including phenoxy) is 3. The van der Waals surface area contributed by atoms with Crippen LogP contribution in [0.3, 0.4) is 0 Å². The zero-order chi connectivity index (χ0) is 20.2. The van der Waals surface area contributed by atoms with Crippen molar-refractivity contribution in [2.75, 3.05) is 40.0 Å². The second kappa shape index (κ2) is 11.9. The lowest BCUT2D eigenvalue weighted by Crippen LogP contribution is -2.37. The van der Waals surface area contributed by atoms with E-state index in [0.29, 0.717) is 12.4 Å². The van der Waals surface area contributed by atoms with Gasteiger partial charge >= 0.3 is 6.09 Å². The number of aryl methyl sites for hydroxylation is 1. The van der Waals surface area contributed by atoms with Gasteiger partial charge in [0.15, 0.2) is 0 Å². The second-order valence-electron chi connectivity index (χ2n) is 5.94. The molecular formula is C19H27FN2O5. The Bertz CT molecular complexity index is 639. The van der Waals surface area contributed by atoms with Crippen LogP contribution in [0.15, 0.2) is 30.9 Å². The number of nitrogens with one attached hydrogen (secondary N) is 1. The topological polar surface area (TPSA) is 77.1 Å². The number of benzene rings is 1. The smallest absolute Gasteiger partial charge is 0.407 e. The Morgan fingerprint density at radius 1 is 1.33 bits per heavy atom. The maximum atomic E-state index is 13.1. The van der Waals surface area contributed by atoms with Crippen molar-refractivity contribution >= 4 is 12.0 Å². The first-order valence-electron chi connectivity index (χ1n) is 8.62. The molecule has 1 atom stereocenters. The van der Waals surface area contributed by atoms with E-state index < -0.39 is 12.2 Å². The van der Waals surface area contributed by atoms with E-state index in [0.717, 1.165) is 5.56 Å². The van der Waals surface area contributed by atoms with Gasteiger partial charge in [-0.25, -0.2) is 9.18 Å². The molecule has 0 aliphatic heterocycles. The molecule has 0 radical (unpaired) electrons. The number of carbonyl (C=O) groups excluding carboxylic acids is 2. The summed E-state index contributed by atoms with van der Waals surface area (Å²) in [5, 5.41) is 2.56.